The van der Waals surface area contributed by atoms with Gasteiger partial charge in [0.25, 0.3) is 0 Å². The summed E-state index contributed by atoms with van der Waals surface area (Å²) in [5, 5.41) is 6.85. The average Bonchev–Trinajstić information content (AvgIpc) is 2.22. The molecule has 1 aromatic heterocycles. The summed E-state index contributed by atoms with van der Waals surface area (Å²) in [4.78, 5) is 4.37. The van der Waals surface area contributed by atoms with Gasteiger partial charge in [0.1, 0.15) is 0 Å². The van der Waals surface area contributed by atoms with E-state index >= 15 is 0 Å². The summed E-state index contributed by atoms with van der Waals surface area (Å²) >= 11 is 5.21. The molecule has 0 fully saturated rings. The van der Waals surface area contributed by atoms with Crippen LogP contribution in [-0.2, 0) is 4.74 Å². The number of hydrogen-bond donors (Lipinski definition) is 2. The van der Waals surface area contributed by atoms with Gasteiger partial charge in [-0.15, -0.1) is 0 Å². The third kappa shape index (κ3) is 4.66. The fourth-order valence-corrected chi connectivity index (χ4v) is 1.80. The molecule has 94 valence electrons. The molecule has 5 heteroatoms. The highest BCUT2D eigenvalue weighted by Crippen LogP contribution is 2.12. The van der Waals surface area contributed by atoms with Crippen molar-refractivity contribution < 1.29 is 4.74 Å². The zero-order valence-corrected chi connectivity index (χ0v) is 11.5. The predicted octanol–water partition coefficient (Wildman–Crippen LogP) is 2.02. The molecule has 0 radical (unpaired) electrons. The number of methoxy groups -OCH3 is 1. The molecular formula is C12H19N3OS. The van der Waals surface area contributed by atoms with Crippen LogP contribution in [0.1, 0.15) is 18.3 Å². The lowest BCUT2D eigenvalue weighted by atomic mass is 10.3. The lowest BCUT2D eigenvalue weighted by Crippen LogP contribution is -2.38. The van der Waals surface area contributed by atoms with E-state index in [1.165, 1.54) is 0 Å². The van der Waals surface area contributed by atoms with E-state index in [0.29, 0.717) is 11.7 Å². The van der Waals surface area contributed by atoms with Crippen molar-refractivity contribution in [2.75, 3.05) is 19.0 Å². The van der Waals surface area contributed by atoms with Crippen LogP contribution in [0.5, 0.6) is 0 Å². The highest BCUT2D eigenvalue weighted by atomic mass is 32.1. The molecule has 0 aliphatic heterocycles. The number of ether oxygens (including phenoxy) is 1. The Morgan fingerprint density at radius 1 is 1.47 bits per heavy atom. The van der Waals surface area contributed by atoms with Gasteiger partial charge in [0.15, 0.2) is 5.11 Å². The molecule has 1 atom stereocenters. The Balaban J connectivity index is 2.56. The van der Waals surface area contributed by atoms with E-state index in [-0.39, 0.29) is 6.04 Å². The molecule has 0 bridgehead atoms. The summed E-state index contributed by atoms with van der Waals surface area (Å²) in [5.74, 6) is 0. The van der Waals surface area contributed by atoms with E-state index in [1.807, 2.05) is 32.9 Å². The van der Waals surface area contributed by atoms with Crippen molar-refractivity contribution in [2.45, 2.75) is 26.8 Å². The van der Waals surface area contributed by atoms with Gasteiger partial charge in [-0.2, -0.15) is 0 Å². The minimum Gasteiger partial charge on any atom is -0.383 e. The Morgan fingerprint density at radius 3 is 2.76 bits per heavy atom. The van der Waals surface area contributed by atoms with Gasteiger partial charge in [0, 0.05) is 18.8 Å². The number of nitrogens with zero attached hydrogens (tertiary/aromatic N) is 1. The Bertz CT molecular complexity index is 395. The molecule has 0 aliphatic carbocycles. The fourth-order valence-electron chi connectivity index (χ4n) is 1.49. The second kappa shape index (κ2) is 6.51. The number of aryl methyl sites for hydroxylation is 2. The normalized spacial score (nSPS) is 12.0. The Morgan fingerprint density at radius 2 is 2.18 bits per heavy atom. The number of nitrogens with one attached hydrogen (secondary N) is 2. The summed E-state index contributed by atoms with van der Waals surface area (Å²) in [6.45, 7) is 6.55. The lowest BCUT2D eigenvalue weighted by Gasteiger charge is -2.17. The molecule has 0 spiro atoms. The van der Waals surface area contributed by atoms with Gasteiger partial charge in [-0.1, -0.05) is 0 Å². The number of pyridine rings is 1. The van der Waals surface area contributed by atoms with Crippen LogP contribution < -0.4 is 10.6 Å². The molecule has 2 N–H and O–H groups in total. The molecule has 0 aliphatic rings. The minimum atomic E-state index is 0.179. The first-order chi connectivity index (χ1) is 8.02. The van der Waals surface area contributed by atoms with Crippen LogP contribution in [-0.4, -0.2) is 29.9 Å². The summed E-state index contributed by atoms with van der Waals surface area (Å²) in [5.41, 5.74) is 2.87. The van der Waals surface area contributed by atoms with Gasteiger partial charge in [0.2, 0.25) is 0 Å². The molecule has 1 unspecified atom stereocenters. The molecular weight excluding hydrogens is 234 g/mol. The number of rotatable bonds is 4. The van der Waals surface area contributed by atoms with Gasteiger partial charge in [-0.05, 0) is 45.1 Å². The Labute approximate surface area is 108 Å². The standard InChI is InChI=1S/C12H19N3OS/c1-8-5-6-11(10(3)13-8)15-12(17)14-9(2)7-16-4/h5-6,9H,7H2,1-4H3,(H2,14,15,17). The van der Waals surface area contributed by atoms with E-state index in [1.54, 1.807) is 7.11 Å². The molecule has 0 saturated heterocycles. The maximum absolute atomic E-state index is 5.21. The summed E-state index contributed by atoms with van der Waals surface area (Å²) < 4.78 is 5.03. The van der Waals surface area contributed by atoms with Crippen molar-refractivity contribution in [1.82, 2.24) is 10.3 Å². The third-order valence-corrected chi connectivity index (χ3v) is 2.49. The van der Waals surface area contributed by atoms with Crippen LogP contribution in [0.15, 0.2) is 12.1 Å². The molecule has 1 aromatic rings. The van der Waals surface area contributed by atoms with Crippen LogP contribution in [0, 0.1) is 13.8 Å². The van der Waals surface area contributed by atoms with Crippen molar-refractivity contribution in [3.05, 3.63) is 23.5 Å². The first kappa shape index (κ1) is 13.9. The van der Waals surface area contributed by atoms with Gasteiger partial charge in [-0.25, -0.2) is 0 Å². The van der Waals surface area contributed by atoms with Gasteiger partial charge in [-0.3, -0.25) is 4.98 Å². The smallest absolute Gasteiger partial charge is 0.171 e. The number of thiocarbonyl (C=S) groups is 1. The topological polar surface area (TPSA) is 46.2 Å². The second-order valence-corrected chi connectivity index (χ2v) is 4.45. The van der Waals surface area contributed by atoms with Crippen LogP contribution in [0.3, 0.4) is 0 Å². The quantitative estimate of drug-likeness (QED) is 0.804. The SMILES string of the molecule is COCC(C)NC(=S)Nc1ccc(C)nc1C. The van der Waals surface area contributed by atoms with Gasteiger partial charge in [0.05, 0.1) is 18.0 Å². The summed E-state index contributed by atoms with van der Waals surface area (Å²) in [6, 6.07) is 4.11. The molecule has 0 amide bonds. The van der Waals surface area contributed by atoms with Gasteiger partial charge >= 0.3 is 0 Å². The van der Waals surface area contributed by atoms with E-state index in [2.05, 4.69) is 15.6 Å². The maximum Gasteiger partial charge on any atom is 0.171 e. The van der Waals surface area contributed by atoms with Crippen molar-refractivity contribution in [2.24, 2.45) is 0 Å². The number of hydrogen-bond acceptors (Lipinski definition) is 3. The number of aromatic nitrogens is 1. The molecule has 1 rings (SSSR count). The fraction of sp³-hybridized carbons (Fsp3) is 0.500. The van der Waals surface area contributed by atoms with Crippen LogP contribution in [0.4, 0.5) is 5.69 Å². The third-order valence-electron chi connectivity index (χ3n) is 2.27. The van der Waals surface area contributed by atoms with Crippen molar-refractivity contribution in [3.63, 3.8) is 0 Å². The molecule has 0 saturated carbocycles. The summed E-state index contributed by atoms with van der Waals surface area (Å²) in [7, 11) is 1.67. The molecule has 17 heavy (non-hydrogen) atoms. The molecule has 0 aromatic carbocycles. The average molecular weight is 253 g/mol. The second-order valence-electron chi connectivity index (χ2n) is 4.04. The Kier molecular flexibility index (Phi) is 5.31. The lowest BCUT2D eigenvalue weighted by molar-refractivity contribution is 0.179. The first-order valence-electron chi connectivity index (χ1n) is 5.53. The molecule has 4 nitrogen and oxygen atoms in total. The monoisotopic (exact) mass is 253 g/mol. The van der Waals surface area contributed by atoms with E-state index in [4.69, 9.17) is 17.0 Å². The minimum absolute atomic E-state index is 0.179. The highest BCUT2D eigenvalue weighted by molar-refractivity contribution is 7.80. The largest absolute Gasteiger partial charge is 0.383 e. The van der Waals surface area contributed by atoms with Gasteiger partial charge < -0.3 is 15.4 Å². The zero-order chi connectivity index (χ0) is 12.8. The highest BCUT2D eigenvalue weighted by Gasteiger charge is 2.05. The predicted molar refractivity (Wildman–Crippen MR) is 74.4 cm³/mol. The van der Waals surface area contributed by atoms with Crippen molar-refractivity contribution in [3.8, 4) is 0 Å². The molecule has 1 heterocycles. The Hall–Kier alpha value is -1.20. The van der Waals surface area contributed by atoms with Crippen LogP contribution in [0.25, 0.3) is 0 Å². The van der Waals surface area contributed by atoms with E-state index in [9.17, 15) is 0 Å². The first-order valence-corrected chi connectivity index (χ1v) is 5.94. The maximum atomic E-state index is 5.21. The van der Waals surface area contributed by atoms with E-state index < -0.39 is 0 Å². The number of anilines is 1. The van der Waals surface area contributed by atoms with Crippen LogP contribution >= 0.6 is 12.2 Å². The van der Waals surface area contributed by atoms with Crippen molar-refractivity contribution in [1.29, 1.82) is 0 Å². The van der Waals surface area contributed by atoms with E-state index in [0.717, 1.165) is 17.1 Å². The van der Waals surface area contributed by atoms with Crippen molar-refractivity contribution >= 4 is 23.0 Å². The van der Waals surface area contributed by atoms with Crippen LogP contribution in [0.2, 0.25) is 0 Å². The zero-order valence-electron chi connectivity index (χ0n) is 10.7. The summed E-state index contributed by atoms with van der Waals surface area (Å²) in [6.07, 6.45) is 0.